The van der Waals surface area contributed by atoms with Gasteiger partial charge in [0.05, 0.1) is 55.9 Å². The summed E-state index contributed by atoms with van der Waals surface area (Å²) in [5, 5.41) is 0. The van der Waals surface area contributed by atoms with Gasteiger partial charge in [-0.3, -0.25) is 9.36 Å². The van der Waals surface area contributed by atoms with Crippen molar-refractivity contribution in [2.24, 2.45) is 4.99 Å². The Labute approximate surface area is 249 Å². The van der Waals surface area contributed by atoms with Crippen molar-refractivity contribution in [3.8, 4) is 23.0 Å². The standard InChI is InChI=1S/C32H36N2O7S/c1-9-11-22-14-20(15-25(38-7)29(22)39-8)16-26-30(35)34-28(21-12-13-23(41-18(3)4)24(17-21)37-6)27(31(36)40-10-2)19(5)33-32(34)42-26/h9,12-18,28H,1,10-11H2,2-8H3/b26-16-/t28-/m0/s1. The Morgan fingerprint density at radius 3 is 2.45 bits per heavy atom. The van der Waals surface area contributed by atoms with Gasteiger partial charge in [-0.1, -0.05) is 23.5 Å². The lowest BCUT2D eigenvalue weighted by molar-refractivity contribution is -0.139. The number of hydrogen-bond acceptors (Lipinski definition) is 9. The Balaban J connectivity index is 1.95. The number of methoxy groups -OCH3 is 3. The lowest BCUT2D eigenvalue weighted by Crippen LogP contribution is -2.40. The van der Waals surface area contributed by atoms with Gasteiger partial charge in [0.2, 0.25) is 0 Å². The zero-order valence-electron chi connectivity index (χ0n) is 25.0. The first-order valence-electron chi connectivity index (χ1n) is 13.6. The normalized spacial score (nSPS) is 14.8. The SMILES string of the molecule is C=CCc1cc(/C=c2\sc3n(c2=O)[C@@H](c2ccc(OC(C)C)c(OC)c2)C(C(=O)OCC)=C(C)N=3)cc(OC)c1OC. The van der Waals surface area contributed by atoms with Crippen LogP contribution in [0.4, 0.5) is 0 Å². The molecule has 10 heteroatoms. The van der Waals surface area contributed by atoms with Crippen LogP contribution in [0.15, 0.2) is 64.0 Å². The molecule has 3 aromatic rings. The van der Waals surface area contributed by atoms with E-state index in [0.29, 0.717) is 50.0 Å². The first-order chi connectivity index (χ1) is 20.2. The van der Waals surface area contributed by atoms with Crippen LogP contribution in [0.2, 0.25) is 0 Å². The first-order valence-corrected chi connectivity index (χ1v) is 14.4. The fraction of sp³-hybridized carbons (Fsp3) is 0.344. The van der Waals surface area contributed by atoms with Crippen LogP contribution in [0.1, 0.15) is 50.4 Å². The third-order valence-electron chi connectivity index (χ3n) is 6.62. The van der Waals surface area contributed by atoms with Gasteiger partial charge in [-0.15, -0.1) is 6.58 Å². The molecule has 0 unspecified atom stereocenters. The highest BCUT2D eigenvalue weighted by Crippen LogP contribution is 2.37. The van der Waals surface area contributed by atoms with Gasteiger partial charge in [0.25, 0.3) is 5.56 Å². The Kier molecular flexibility index (Phi) is 9.57. The van der Waals surface area contributed by atoms with E-state index in [2.05, 4.69) is 11.6 Å². The van der Waals surface area contributed by atoms with Crippen molar-refractivity contribution in [3.05, 3.63) is 90.6 Å². The molecule has 0 spiro atoms. The van der Waals surface area contributed by atoms with Gasteiger partial charge in [-0.05, 0) is 75.6 Å². The second kappa shape index (κ2) is 13.1. The molecule has 0 bridgehead atoms. The molecule has 1 atom stereocenters. The van der Waals surface area contributed by atoms with E-state index in [-0.39, 0.29) is 23.8 Å². The maximum Gasteiger partial charge on any atom is 0.338 e. The number of benzene rings is 2. The summed E-state index contributed by atoms with van der Waals surface area (Å²) in [5.41, 5.74) is 2.76. The molecule has 1 aliphatic heterocycles. The van der Waals surface area contributed by atoms with Crippen molar-refractivity contribution in [2.45, 2.75) is 46.3 Å². The van der Waals surface area contributed by atoms with Gasteiger partial charge < -0.3 is 23.7 Å². The minimum atomic E-state index is -0.786. The van der Waals surface area contributed by atoms with Crippen molar-refractivity contribution in [1.82, 2.24) is 4.57 Å². The van der Waals surface area contributed by atoms with Crippen molar-refractivity contribution >= 4 is 23.4 Å². The van der Waals surface area contributed by atoms with Gasteiger partial charge in [-0.2, -0.15) is 0 Å². The maximum atomic E-state index is 14.1. The van der Waals surface area contributed by atoms with E-state index in [4.69, 9.17) is 23.7 Å². The Morgan fingerprint density at radius 2 is 1.83 bits per heavy atom. The van der Waals surface area contributed by atoms with E-state index < -0.39 is 12.0 Å². The quantitative estimate of drug-likeness (QED) is 0.241. The number of nitrogens with zero attached hydrogens (tertiary/aromatic N) is 2. The molecule has 0 saturated carbocycles. The molecule has 2 aromatic carbocycles. The second-order valence-corrected chi connectivity index (χ2v) is 10.8. The number of hydrogen-bond donors (Lipinski definition) is 0. The Hall–Kier alpha value is -4.31. The molecule has 9 nitrogen and oxygen atoms in total. The summed E-state index contributed by atoms with van der Waals surface area (Å²) in [7, 11) is 4.70. The van der Waals surface area contributed by atoms with Gasteiger partial charge in [0.1, 0.15) is 0 Å². The zero-order valence-corrected chi connectivity index (χ0v) is 25.8. The summed E-state index contributed by atoms with van der Waals surface area (Å²) in [6.45, 7) is 11.4. The third-order valence-corrected chi connectivity index (χ3v) is 7.61. The minimum Gasteiger partial charge on any atom is -0.493 e. The van der Waals surface area contributed by atoms with Crippen LogP contribution in [-0.2, 0) is 16.0 Å². The van der Waals surface area contributed by atoms with E-state index in [1.54, 1.807) is 64.0 Å². The van der Waals surface area contributed by atoms with Gasteiger partial charge in [-0.25, -0.2) is 9.79 Å². The number of thiazole rings is 1. The first kappa shape index (κ1) is 30.6. The molecule has 0 amide bonds. The van der Waals surface area contributed by atoms with Crippen molar-refractivity contribution in [2.75, 3.05) is 27.9 Å². The smallest absolute Gasteiger partial charge is 0.338 e. The van der Waals surface area contributed by atoms with E-state index in [1.807, 2.05) is 32.0 Å². The summed E-state index contributed by atoms with van der Waals surface area (Å²) in [5.74, 6) is 1.68. The number of ether oxygens (including phenoxy) is 5. The van der Waals surface area contributed by atoms with Crippen molar-refractivity contribution < 1.29 is 28.5 Å². The number of aromatic nitrogens is 1. The van der Waals surface area contributed by atoms with E-state index in [1.165, 1.54) is 11.3 Å². The summed E-state index contributed by atoms with van der Waals surface area (Å²) in [6, 6.07) is 8.36. The monoisotopic (exact) mass is 592 g/mol. The predicted octanol–water partition coefficient (Wildman–Crippen LogP) is 4.34. The van der Waals surface area contributed by atoms with Crippen LogP contribution < -0.4 is 33.8 Å². The van der Waals surface area contributed by atoms with Gasteiger partial charge in [0, 0.05) is 5.56 Å². The molecule has 2 heterocycles. The largest absolute Gasteiger partial charge is 0.493 e. The van der Waals surface area contributed by atoms with Crippen LogP contribution in [0.25, 0.3) is 6.08 Å². The molecule has 0 saturated heterocycles. The minimum absolute atomic E-state index is 0.0665. The fourth-order valence-corrected chi connectivity index (χ4v) is 5.97. The van der Waals surface area contributed by atoms with E-state index >= 15 is 0 Å². The maximum absolute atomic E-state index is 14.1. The summed E-state index contributed by atoms with van der Waals surface area (Å²) >= 11 is 1.24. The molecule has 0 N–H and O–H groups in total. The average molecular weight is 593 g/mol. The molecule has 4 rings (SSSR count). The average Bonchev–Trinajstić information content (AvgIpc) is 3.26. The predicted molar refractivity (Wildman–Crippen MR) is 163 cm³/mol. The second-order valence-electron chi connectivity index (χ2n) is 9.79. The number of fused-ring (bicyclic) bond motifs is 1. The number of carbonyl (C=O) groups is 1. The highest BCUT2D eigenvalue weighted by Gasteiger charge is 2.34. The molecule has 42 heavy (non-hydrogen) atoms. The van der Waals surface area contributed by atoms with Crippen LogP contribution in [-0.4, -0.2) is 44.6 Å². The van der Waals surface area contributed by atoms with Crippen LogP contribution >= 0.6 is 11.3 Å². The van der Waals surface area contributed by atoms with Gasteiger partial charge >= 0.3 is 5.97 Å². The molecular weight excluding hydrogens is 556 g/mol. The number of rotatable bonds is 11. The highest BCUT2D eigenvalue weighted by atomic mass is 32.1. The fourth-order valence-electron chi connectivity index (χ4n) is 4.92. The number of allylic oxidation sites excluding steroid dienone is 2. The van der Waals surface area contributed by atoms with E-state index in [0.717, 1.165) is 11.1 Å². The molecule has 0 aliphatic carbocycles. The lowest BCUT2D eigenvalue weighted by atomic mass is 9.95. The van der Waals surface area contributed by atoms with E-state index in [9.17, 15) is 9.59 Å². The Bertz CT molecular complexity index is 1720. The summed E-state index contributed by atoms with van der Waals surface area (Å²) in [6.07, 6.45) is 4.06. The van der Waals surface area contributed by atoms with Crippen molar-refractivity contribution in [3.63, 3.8) is 0 Å². The van der Waals surface area contributed by atoms with Gasteiger partial charge in [0.15, 0.2) is 27.8 Å². The summed E-state index contributed by atoms with van der Waals surface area (Å²) in [4.78, 5) is 32.5. The summed E-state index contributed by atoms with van der Waals surface area (Å²) < 4.78 is 30.0. The van der Waals surface area contributed by atoms with Crippen LogP contribution in [0, 0.1) is 0 Å². The third kappa shape index (κ3) is 5.99. The topological polar surface area (TPSA) is 97.6 Å². The highest BCUT2D eigenvalue weighted by molar-refractivity contribution is 7.07. The number of esters is 1. The zero-order chi connectivity index (χ0) is 30.6. The van der Waals surface area contributed by atoms with Crippen LogP contribution in [0.5, 0.6) is 23.0 Å². The van der Waals surface area contributed by atoms with Crippen LogP contribution in [0.3, 0.4) is 0 Å². The number of carbonyl (C=O) groups excluding carboxylic acids is 1. The Morgan fingerprint density at radius 1 is 1.10 bits per heavy atom. The lowest BCUT2D eigenvalue weighted by Gasteiger charge is -2.25. The van der Waals surface area contributed by atoms with Crippen molar-refractivity contribution in [1.29, 1.82) is 0 Å². The molecule has 0 fully saturated rings. The molecule has 222 valence electrons. The molecular formula is C32H36N2O7S. The molecule has 0 radical (unpaired) electrons. The molecule has 1 aromatic heterocycles. The molecule has 1 aliphatic rings.